The van der Waals surface area contributed by atoms with Crippen molar-refractivity contribution in [1.82, 2.24) is 5.32 Å². The molecule has 0 saturated carbocycles. The summed E-state index contributed by atoms with van der Waals surface area (Å²) < 4.78 is 13.5. The molecule has 2 aromatic carbocycles. The van der Waals surface area contributed by atoms with Gasteiger partial charge in [-0.1, -0.05) is 41.4 Å². The van der Waals surface area contributed by atoms with Crippen LogP contribution < -0.4 is 5.32 Å². The standard InChI is InChI=1S/C16H16Cl2FNS/c1-11(13-9-16(19)15(18)10-14(13)17)20-7-8-21-12-5-3-2-4-6-12/h2-6,9-11,20H,7-8H2,1H3. The normalized spacial score (nSPS) is 12.4. The molecule has 0 amide bonds. The van der Waals surface area contributed by atoms with Crippen LogP contribution in [-0.2, 0) is 0 Å². The highest BCUT2D eigenvalue weighted by molar-refractivity contribution is 7.99. The molecule has 0 bridgehead atoms. The summed E-state index contributed by atoms with van der Waals surface area (Å²) in [6, 6.07) is 13.0. The zero-order chi connectivity index (χ0) is 15.2. The van der Waals surface area contributed by atoms with Crippen LogP contribution in [0.25, 0.3) is 0 Å². The summed E-state index contributed by atoms with van der Waals surface area (Å²) in [5.74, 6) is 0.491. The molecule has 0 saturated heterocycles. The maximum Gasteiger partial charge on any atom is 0.142 e. The molecule has 5 heteroatoms. The topological polar surface area (TPSA) is 12.0 Å². The van der Waals surface area contributed by atoms with Crippen molar-refractivity contribution in [2.45, 2.75) is 17.9 Å². The van der Waals surface area contributed by atoms with Gasteiger partial charge in [-0.2, -0.15) is 0 Å². The first-order chi connectivity index (χ1) is 10.1. The molecule has 2 rings (SSSR count). The zero-order valence-corrected chi connectivity index (χ0v) is 13.9. The van der Waals surface area contributed by atoms with Gasteiger partial charge in [0.15, 0.2) is 0 Å². The highest BCUT2D eigenvalue weighted by atomic mass is 35.5. The van der Waals surface area contributed by atoms with Crippen LogP contribution in [0.1, 0.15) is 18.5 Å². The van der Waals surface area contributed by atoms with Crippen molar-refractivity contribution in [1.29, 1.82) is 0 Å². The van der Waals surface area contributed by atoms with Crippen molar-refractivity contribution in [2.75, 3.05) is 12.3 Å². The zero-order valence-electron chi connectivity index (χ0n) is 11.6. The molecule has 1 nitrogen and oxygen atoms in total. The van der Waals surface area contributed by atoms with Crippen molar-refractivity contribution in [3.8, 4) is 0 Å². The second-order valence-electron chi connectivity index (χ2n) is 4.63. The van der Waals surface area contributed by atoms with E-state index in [1.54, 1.807) is 11.8 Å². The lowest BCUT2D eigenvalue weighted by Crippen LogP contribution is -2.21. The van der Waals surface area contributed by atoms with Crippen LogP contribution in [0.3, 0.4) is 0 Å². The summed E-state index contributed by atoms with van der Waals surface area (Å²) in [4.78, 5) is 1.24. The van der Waals surface area contributed by atoms with Crippen LogP contribution in [0.15, 0.2) is 47.4 Å². The van der Waals surface area contributed by atoms with Crippen molar-refractivity contribution in [3.05, 3.63) is 63.9 Å². The molecule has 1 N–H and O–H groups in total. The van der Waals surface area contributed by atoms with Gasteiger partial charge in [0.25, 0.3) is 0 Å². The number of hydrogen-bond acceptors (Lipinski definition) is 2. The molecule has 0 aliphatic carbocycles. The molecular weight excluding hydrogens is 328 g/mol. The number of benzene rings is 2. The van der Waals surface area contributed by atoms with Gasteiger partial charge < -0.3 is 5.32 Å². The molecule has 0 fully saturated rings. The summed E-state index contributed by atoms with van der Waals surface area (Å²) in [7, 11) is 0. The van der Waals surface area contributed by atoms with Crippen molar-refractivity contribution >= 4 is 35.0 Å². The van der Waals surface area contributed by atoms with Crippen LogP contribution in [0.5, 0.6) is 0 Å². The lowest BCUT2D eigenvalue weighted by molar-refractivity contribution is 0.585. The van der Waals surface area contributed by atoms with E-state index in [0.717, 1.165) is 17.9 Å². The van der Waals surface area contributed by atoms with E-state index in [-0.39, 0.29) is 11.1 Å². The van der Waals surface area contributed by atoms with E-state index in [9.17, 15) is 4.39 Å². The first-order valence-electron chi connectivity index (χ1n) is 6.63. The van der Waals surface area contributed by atoms with Crippen molar-refractivity contribution in [3.63, 3.8) is 0 Å². The third kappa shape index (κ3) is 4.89. The summed E-state index contributed by atoms with van der Waals surface area (Å²) in [6.45, 7) is 2.77. The molecule has 21 heavy (non-hydrogen) atoms. The Hall–Kier alpha value is -0.740. The SMILES string of the molecule is CC(NCCSc1ccccc1)c1cc(F)c(Cl)cc1Cl. The van der Waals surface area contributed by atoms with Gasteiger partial charge in [-0.25, -0.2) is 4.39 Å². The van der Waals surface area contributed by atoms with E-state index in [1.165, 1.54) is 17.0 Å². The van der Waals surface area contributed by atoms with Gasteiger partial charge in [-0.3, -0.25) is 0 Å². The predicted octanol–water partition coefficient (Wildman–Crippen LogP) is 5.58. The Morgan fingerprint density at radius 3 is 2.57 bits per heavy atom. The van der Waals surface area contributed by atoms with Gasteiger partial charge in [0, 0.05) is 28.3 Å². The lowest BCUT2D eigenvalue weighted by Gasteiger charge is -2.16. The number of halogens is 3. The lowest BCUT2D eigenvalue weighted by atomic mass is 10.1. The van der Waals surface area contributed by atoms with E-state index in [0.29, 0.717) is 5.02 Å². The highest BCUT2D eigenvalue weighted by Crippen LogP contribution is 2.28. The van der Waals surface area contributed by atoms with E-state index < -0.39 is 5.82 Å². The Kier molecular flexibility index (Phi) is 6.37. The minimum Gasteiger partial charge on any atom is -0.309 e. The van der Waals surface area contributed by atoms with Crippen LogP contribution >= 0.6 is 35.0 Å². The number of rotatable bonds is 6. The Bertz CT molecular complexity index is 592. The Morgan fingerprint density at radius 1 is 1.14 bits per heavy atom. The van der Waals surface area contributed by atoms with E-state index in [2.05, 4.69) is 17.4 Å². The fraction of sp³-hybridized carbons (Fsp3) is 0.250. The summed E-state index contributed by atoms with van der Waals surface area (Å²) in [5, 5.41) is 3.88. The minimum atomic E-state index is -0.441. The minimum absolute atomic E-state index is 0.0272. The van der Waals surface area contributed by atoms with E-state index >= 15 is 0 Å². The molecule has 0 aromatic heterocycles. The molecule has 112 valence electrons. The Morgan fingerprint density at radius 2 is 1.86 bits per heavy atom. The largest absolute Gasteiger partial charge is 0.309 e. The number of nitrogens with one attached hydrogen (secondary N) is 1. The Labute approximate surface area is 138 Å². The van der Waals surface area contributed by atoms with Crippen LogP contribution in [-0.4, -0.2) is 12.3 Å². The third-order valence-corrected chi connectivity index (χ3v) is 4.70. The fourth-order valence-electron chi connectivity index (χ4n) is 1.94. The molecule has 0 aliphatic rings. The maximum absolute atomic E-state index is 13.5. The van der Waals surface area contributed by atoms with Gasteiger partial charge in [-0.15, -0.1) is 11.8 Å². The van der Waals surface area contributed by atoms with E-state index in [1.807, 2.05) is 25.1 Å². The van der Waals surface area contributed by atoms with Crippen LogP contribution in [0.4, 0.5) is 4.39 Å². The van der Waals surface area contributed by atoms with Crippen LogP contribution in [0, 0.1) is 5.82 Å². The fourth-order valence-corrected chi connectivity index (χ4v) is 3.29. The summed E-state index contributed by atoms with van der Waals surface area (Å²) in [5.41, 5.74) is 0.725. The van der Waals surface area contributed by atoms with E-state index in [4.69, 9.17) is 23.2 Å². The van der Waals surface area contributed by atoms with Gasteiger partial charge in [0.1, 0.15) is 5.82 Å². The molecule has 0 radical (unpaired) electrons. The van der Waals surface area contributed by atoms with Crippen molar-refractivity contribution in [2.24, 2.45) is 0 Å². The molecule has 0 spiro atoms. The second-order valence-corrected chi connectivity index (χ2v) is 6.61. The molecule has 1 unspecified atom stereocenters. The number of thioether (sulfide) groups is 1. The second kappa shape index (κ2) is 8.04. The summed E-state index contributed by atoms with van der Waals surface area (Å²) in [6.07, 6.45) is 0. The van der Waals surface area contributed by atoms with Crippen molar-refractivity contribution < 1.29 is 4.39 Å². The molecular formula is C16H16Cl2FNS. The highest BCUT2D eigenvalue weighted by Gasteiger charge is 2.12. The Balaban J connectivity index is 1.85. The molecule has 0 heterocycles. The quantitative estimate of drug-likeness (QED) is 0.417. The van der Waals surface area contributed by atoms with Gasteiger partial charge >= 0.3 is 0 Å². The monoisotopic (exact) mass is 343 g/mol. The molecule has 2 aromatic rings. The first-order valence-corrected chi connectivity index (χ1v) is 8.37. The smallest absolute Gasteiger partial charge is 0.142 e. The maximum atomic E-state index is 13.5. The third-order valence-electron chi connectivity index (χ3n) is 3.07. The van der Waals surface area contributed by atoms with Gasteiger partial charge in [0.2, 0.25) is 0 Å². The average Bonchev–Trinajstić information content (AvgIpc) is 2.48. The summed E-state index contributed by atoms with van der Waals surface area (Å²) >= 11 is 13.6. The van der Waals surface area contributed by atoms with Gasteiger partial charge in [0.05, 0.1) is 5.02 Å². The molecule has 0 aliphatic heterocycles. The predicted molar refractivity (Wildman–Crippen MR) is 90.0 cm³/mol. The number of hydrogen-bond donors (Lipinski definition) is 1. The van der Waals surface area contributed by atoms with Crippen LogP contribution in [0.2, 0.25) is 10.0 Å². The molecule has 1 atom stereocenters. The average molecular weight is 344 g/mol. The first kappa shape index (κ1) is 16.6. The van der Waals surface area contributed by atoms with Gasteiger partial charge in [-0.05, 0) is 36.8 Å².